The van der Waals surface area contributed by atoms with Crippen LogP contribution in [0.1, 0.15) is 50.3 Å². The average Bonchev–Trinajstić information content (AvgIpc) is 2.48. The number of amides is 1. The van der Waals surface area contributed by atoms with Crippen molar-refractivity contribution in [1.29, 1.82) is 0 Å². The van der Waals surface area contributed by atoms with Crippen molar-refractivity contribution < 1.29 is 4.79 Å². The molecule has 0 saturated heterocycles. The Hall–Kier alpha value is -0.710. The Morgan fingerprint density at radius 2 is 2.14 bits per heavy atom. The Balaban J connectivity index is 0.00000242. The fourth-order valence-corrected chi connectivity index (χ4v) is 3.51. The summed E-state index contributed by atoms with van der Waals surface area (Å²) in [5.41, 5.74) is 8.74. The molecule has 0 aromatic heterocycles. The zero-order valence-corrected chi connectivity index (χ0v) is 15.2. The smallest absolute Gasteiger partial charge is 0.237 e. The molecule has 0 spiro atoms. The van der Waals surface area contributed by atoms with Crippen LogP contribution in [0, 0.1) is 0 Å². The van der Waals surface area contributed by atoms with Crippen LogP contribution in [0.4, 0.5) is 0 Å². The average molecular weight is 343 g/mol. The maximum atomic E-state index is 12.2. The second-order valence-corrected chi connectivity index (χ2v) is 7.44. The zero-order valence-electron chi connectivity index (χ0n) is 13.6. The summed E-state index contributed by atoms with van der Waals surface area (Å²) in [5, 5.41) is 3.15. The number of benzene rings is 1. The van der Waals surface area contributed by atoms with Gasteiger partial charge in [-0.1, -0.05) is 38.1 Å². The minimum atomic E-state index is -0.403. The van der Waals surface area contributed by atoms with Crippen LogP contribution in [0.2, 0.25) is 0 Å². The van der Waals surface area contributed by atoms with Gasteiger partial charge in [-0.25, -0.2) is 0 Å². The number of hydrogen-bond donors (Lipinski definition) is 2. The van der Waals surface area contributed by atoms with Gasteiger partial charge >= 0.3 is 0 Å². The highest BCUT2D eigenvalue weighted by molar-refractivity contribution is 7.98. The van der Waals surface area contributed by atoms with Crippen LogP contribution in [0.15, 0.2) is 24.3 Å². The number of halogens is 1. The van der Waals surface area contributed by atoms with Crippen molar-refractivity contribution in [3.8, 4) is 0 Å². The standard InChI is InChI=1S/C17H26N2OS.ClH/c1-17(2)10-8-15(12-6-4-5-7-13(12)17)19-16(20)14(18)9-11-21-3;/h4-7,14-15H,8-11,18H2,1-3H3,(H,19,20);1H/t14-,15?;/m0./s1. The van der Waals surface area contributed by atoms with Crippen molar-refractivity contribution in [1.82, 2.24) is 5.32 Å². The minimum Gasteiger partial charge on any atom is -0.348 e. The molecule has 5 heteroatoms. The molecule has 0 heterocycles. The van der Waals surface area contributed by atoms with Crippen molar-refractivity contribution in [2.75, 3.05) is 12.0 Å². The largest absolute Gasteiger partial charge is 0.348 e. The molecule has 1 aromatic rings. The van der Waals surface area contributed by atoms with Gasteiger partial charge in [0.25, 0.3) is 0 Å². The Bertz CT molecular complexity index is 507. The van der Waals surface area contributed by atoms with E-state index in [0.717, 1.165) is 25.0 Å². The first-order valence-corrected chi connectivity index (χ1v) is 8.99. The van der Waals surface area contributed by atoms with Crippen molar-refractivity contribution in [3.05, 3.63) is 35.4 Å². The summed E-state index contributed by atoms with van der Waals surface area (Å²) in [7, 11) is 0. The summed E-state index contributed by atoms with van der Waals surface area (Å²) < 4.78 is 0. The van der Waals surface area contributed by atoms with E-state index in [4.69, 9.17) is 5.73 Å². The van der Waals surface area contributed by atoms with E-state index in [1.807, 2.05) is 12.3 Å². The maximum Gasteiger partial charge on any atom is 0.237 e. The number of hydrogen-bond acceptors (Lipinski definition) is 3. The van der Waals surface area contributed by atoms with Crippen molar-refractivity contribution in [3.63, 3.8) is 0 Å². The topological polar surface area (TPSA) is 55.1 Å². The lowest BCUT2D eigenvalue weighted by Crippen LogP contribution is -2.44. The fraction of sp³-hybridized carbons (Fsp3) is 0.588. The van der Waals surface area contributed by atoms with Gasteiger partial charge in [-0.2, -0.15) is 11.8 Å². The van der Waals surface area contributed by atoms with Gasteiger partial charge in [-0.3, -0.25) is 4.79 Å². The lowest BCUT2D eigenvalue weighted by atomic mass is 9.71. The Kier molecular flexibility index (Phi) is 7.23. The Morgan fingerprint density at radius 1 is 1.45 bits per heavy atom. The molecule has 3 nitrogen and oxygen atoms in total. The van der Waals surface area contributed by atoms with Crippen LogP contribution in [-0.2, 0) is 10.2 Å². The van der Waals surface area contributed by atoms with E-state index < -0.39 is 6.04 Å². The second-order valence-electron chi connectivity index (χ2n) is 6.46. The van der Waals surface area contributed by atoms with Gasteiger partial charge in [0.1, 0.15) is 0 Å². The van der Waals surface area contributed by atoms with Crippen LogP contribution >= 0.6 is 24.2 Å². The first kappa shape index (κ1) is 19.3. The molecule has 1 aliphatic carbocycles. The molecule has 0 aliphatic heterocycles. The van der Waals surface area contributed by atoms with Crippen molar-refractivity contribution in [2.24, 2.45) is 5.73 Å². The molecule has 1 aliphatic rings. The first-order chi connectivity index (χ1) is 9.95. The molecule has 1 unspecified atom stereocenters. The van der Waals surface area contributed by atoms with E-state index in [9.17, 15) is 4.79 Å². The van der Waals surface area contributed by atoms with E-state index in [2.05, 4.69) is 37.4 Å². The summed E-state index contributed by atoms with van der Waals surface area (Å²) in [6.45, 7) is 4.54. The summed E-state index contributed by atoms with van der Waals surface area (Å²) in [5.74, 6) is 0.895. The maximum absolute atomic E-state index is 12.2. The third kappa shape index (κ3) is 4.40. The number of nitrogens with one attached hydrogen (secondary N) is 1. The highest BCUT2D eigenvalue weighted by Crippen LogP contribution is 2.41. The number of carbonyl (C=O) groups excluding carboxylic acids is 1. The van der Waals surface area contributed by atoms with Crippen LogP contribution in [0.25, 0.3) is 0 Å². The number of nitrogens with two attached hydrogens (primary N) is 1. The highest BCUT2D eigenvalue weighted by Gasteiger charge is 2.33. The SMILES string of the molecule is CSCC[C@H](N)C(=O)NC1CCC(C)(C)c2ccccc21.Cl. The quantitative estimate of drug-likeness (QED) is 0.862. The number of fused-ring (bicyclic) bond motifs is 1. The van der Waals surface area contributed by atoms with Crippen LogP contribution in [0.5, 0.6) is 0 Å². The van der Waals surface area contributed by atoms with E-state index in [0.29, 0.717) is 0 Å². The summed E-state index contributed by atoms with van der Waals surface area (Å²) in [6.07, 6.45) is 4.82. The molecule has 0 bridgehead atoms. The molecular weight excluding hydrogens is 316 g/mol. The monoisotopic (exact) mass is 342 g/mol. The van der Waals surface area contributed by atoms with Gasteiger partial charge in [0.2, 0.25) is 5.91 Å². The molecular formula is C17H27ClN2OS. The van der Waals surface area contributed by atoms with Crippen LogP contribution < -0.4 is 11.1 Å². The highest BCUT2D eigenvalue weighted by atomic mass is 35.5. The van der Waals surface area contributed by atoms with E-state index in [-0.39, 0.29) is 29.8 Å². The third-order valence-corrected chi connectivity index (χ3v) is 5.05. The molecule has 0 saturated carbocycles. The minimum absolute atomic E-state index is 0. The predicted octanol–water partition coefficient (Wildman–Crippen LogP) is 3.42. The van der Waals surface area contributed by atoms with Crippen LogP contribution in [-0.4, -0.2) is 24.0 Å². The van der Waals surface area contributed by atoms with E-state index in [1.54, 1.807) is 11.8 Å². The molecule has 1 amide bonds. The lowest BCUT2D eigenvalue weighted by molar-refractivity contribution is -0.123. The molecule has 124 valence electrons. The Labute approximate surface area is 144 Å². The summed E-state index contributed by atoms with van der Waals surface area (Å²) in [4.78, 5) is 12.2. The number of thioether (sulfide) groups is 1. The normalized spacial score (nSPS) is 20.5. The molecule has 2 rings (SSSR count). The third-order valence-electron chi connectivity index (χ3n) is 4.41. The van der Waals surface area contributed by atoms with E-state index in [1.165, 1.54) is 11.1 Å². The van der Waals surface area contributed by atoms with Gasteiger partial charge in [-0.05, 0) is 47.8 Å². The molecule has 22 heavy (non-hydrogen) atoms. The Morgan fingerprint density at radius 3 is 2.82 bits per heavy atom. The van der Waals surface area contributed by atoms with Gasteiger partial charge in [0, 0.05) is 0 Å². The molecule has 2 atom stereocenters. The van der Waals surface area contributed by atoms with Crippen molar-refractivity contribution >= 4 is 30.1 Å². The first-order valence-electron chi connectivity index (χ1n) is 7.60. The van der Waals surface area contributed by atoms with E-state index >= 15 is 0 Å². The van der Waals surface area contributed by atoms with Crippen LogP contribution in [0.3, 0.4) is 0 Å². The summed E-state index contributed by atoms with van der Waals surface area (Å²) in [6, 6.07) is 8.14. The molecule has 1 aromatic carbocycles. The summed E-state index contributed by atoms with van der Waals surface area (Å²) >= 11 is 1.72. The van der Waals surface area contributed by atoms with Gasteiger partial charge in [0.05, 0.1) is 12.1 Å². The lowest BCUT2D eigenvalue weighted by Gasteiger charge is -2.37. The second kappa shape index (κ2) is 8.23. The molecule has 0 fully saturated rings. The zero-order chi connectivity index (χ0) is 15.5. The molecule has 3 N–H and O–H groups in total. The van der Waals surface area contributed by atoms with Gasteiger partial charge in [0.15, 0.2) is 0 Å². The van der Waals surface area contributed by atoms with Crippen molar-refractivity contribution in [2.45, 2.75) is 50.6 Å². The number of carbonyl (C=O) groups is 1. The fourth-order valence-electron chi connectivity index (χ4n) is 3.02. The van der Waals surface area contributed by atoms with Gasteiger partial charge in [-0.15, -0.1) is 12.4 Å². The number of rotatable bonds is 5. The molecule has 0 radical (unpaired) electrons. The predicted molar refractivity (Wildman–Crippen MR) is 97.8 cm³/mol. The van der Waals surface area contributed by atoms with Gasteiger partial charge < -0.3 is 11.1 Å².